The van der Waals surface area contributed by atoms with E-state index in [1.165, 1.54) is 6.08 Å². The van der Waals surface area contributed by atoms with E-state index in [9.17, 15) is 10.1 Å². The van der Waals surface area contributed by atoms with Crippen molar-refractivity contribution >= 4 is 52.1 Å². The number of nitrogens with one attached hydrogen (secondary N) is 1. The van der Waals surface area contributed by atoms with Crippen LogP contribution in [0.15, 0.2) is 48.0 Å². The summed E-state index contributed by atoms with van der Waals surface area (Å²) in [6.45, 7) is 6.32. The number of hydrogen-bond donors (Lipinski definition) is 1. The van der Waals surface area contributed by atoms with Gasteiger partial charge < -0.3 is 10.2 Å². The topological polar surface area (TPSA) is 56.1 Å². The van der Waals surface area contributed by atoms with Gasteiger partial charge in [-0.25, -0.2) is 0 Å². The van der Waals surface area contributed by atoms with Crippen molar-refractivity contribution in [3.8, 4) is 6.07 Å². The zero-order valence-corrected chi connectivity index (χ0v) is 18.2. The maximum atomic E-state index is 12.6. The lowest BCUT2D eigenvalue weighted by Crippen LogP contribution is -2.42. The van der Waals surface area contributed by atoms with Gasteiger partial charge in [0.2, 0.25) is 0 Å². The normalized spacial score (nSPS) is 15.3. The molecule has 1 heterocycles. The third-order valence-corrected chi connectivity index (χ3v) is 5.65. The van der Waals surface area contributed by atoms with Gasteiger partial charge in [0.05, 0.1) is 5.54 Å². The molecule has 1 aliphatic rings. The molecule has 4 nitrogen and oxygen atoms in total. The Morgan fingerprint density at radius 1 is 1.24 bits per heavy atom. The number of rotatable bonds is 3. The number of carbonyl (C=O) groups excluding carboxylic acids is 1. The van der Waals surface area contributed by atoms with E-state index in [1.54, 1.807) is 24.3 Å². The second kappa shape index (κ2) is 7.94. The maximum Gasteiger partial charge on any atom is 0.266 e. The molecule has 0 fully saturated rings. The number of anilines is 2. The van der Waals surface area contributed by atoms with E-state index in [1.807, 2.05) is 32.2 Å². The fourth-order valence-electron chi connectivity index (χ4n) is 3.37. The quantitative estimate of drug-likeness (QED) is 0.472. The van der Waals surface area contributed by atoms with Crippen molar-refractivity contribution < 1.29 is 4.79 Å². The minimum atomic E-state index is -0.519. The minimum Gasteiger partial charge on any atom is -0.365 e. The molecular weight excluding hydrogens is 405 g/mol. The lowest BCUT2D eigenvalue weighted by molar-refractivity contribution is -0.112. The summed E-state index contributed by atoms with van der Waals surface area (Å²) in [6, 6.07) is 12.5. The predicted octanol–water partition coefficient (Wildman–Crippen LogP) is 6.17. The van der Waals surface area contributed by atoms with E-state index in [0.29, 0.717) is 21.3 Å². The van der Waals surface area contributed by atoms with Gasteiger partial charge in [0, 0.05) is 34.0 Å². The van der Waals surface area contributed by atoms with E-state index in [0.717, 1.165) is 16.8 Å². The van der Waals surface area contributed by atoms with Gasteiger partial charge in [0.25, 0.3) is 5.91 Å². The number of hydrogen-bond acceptors (Lipinski definition) is 3. The molecule has 0 unspecified atom stereocenters. The first-order chi connectivity index (χ1) is 13.6. The Morgan fingerprint density at radius 2 is 1.97 bits per heavy atom. The highest BCUT2D eigenvalue weighted by Crippen LogP contribution is 2.40. The van der Waals surface area contributed by atoms with Crippen molar-refractivity contribution in [1.82, 2.24) is 0 Å². The minimum absolute atomic E-state index is 0.0436. The van der Waals surface area contributed by atoms with Crippen LogP contribution < -0.4 is 10.2 Å². The highest BCUT2D eigenvalue weighted by molar-refractivity contribution is 6.33. The highest BCUT2D eigenvalue weighted by Gasteiger charge is 2.29. The fourth-order valence-corrected chi connectivity index (χ4v) is 3.77. The molecule has 148 valence electrons. The maximum absolute atomic E-state index is 12.6. The summed E-state index contributed by atoms with van der Waals surface area (Å²) >= 11 is 12.5. The van der Waals surface area contributed by atoms with Crippen LogP contribution in [0.4, 0.5) is 11.4 Å². The van der Waals surface area contributed by atoms with E-state index in [-0.39, 0.29) is 11.1 Å². The molecule has 0 bridgehead atoms. The highest BCUT2D eigenvalue weighted by atomic mass is 35.5. The lowest BCUT2D eigenvalue weighted by atomic mass is 9.88. The largest absolute Gasteiger partial charge is 0.365 e. The summed E-state index contributed by atoms with van der Waals surface area (Å²) in [4.78, 5) is 14.7. The Balaban J connectivity index is 1.98. The average Bonchev–Trinajstić information content (AvgIpc) is 2.64. The number of carbonyl (C=O) groups is 1. The van der Waals surface area contributed by atoms with Gasteiger partial charge in [-0.3, -0.25) is 4.79 Å². The zero-order chi connectivity index (χ0) is 21.3. The molecule has 3 rings (SSSR count). The van der Waals surface area contributed by atoms with Crippen LogP contribution in [0.25, 0.3) is 11.6 Å². The molecular formula is C23H21Cl2N3O. The smallest absolute Gasteiger partial charge is 0.266 e. The third kappa shape index (κ3) is 4.32. The van der Waals surface area contributed by atoms with Crippen LogP contribution in [0, 0.1) is 11.3 Å². The van der Waals surface area contributed by atoms with Crippen molar-refractivity contribution in [3.63, 3.8) is 0 Å². The predicted molar refractivity (Wildman–Crippen MR) is 121 cm³/mol. The Morgan fingerprint density at radius 3 is 2.62 bits per heavy atom. The van der Waals surface area contributed by atoms with Crippen LogP contribution in [0.1, 0.15) is 31.9 Å². The van der Waals surface area contributed by atoms with E-state index in [2.05, 4.69) is 30.1 Å². The summed E-state index contributed by atoms with van der Waals surface area (Å²) < 4.78 is 0. The molecule has 2 aromatic carbocycles. The first-order valence-electron chi connectivity index (χ1n) is 9.08. The number of likely N-dealkylation sites (N-methyl/N-ethyl adjacent to an activating group) is 1. The van der Waals surface area contributed by atoms with Crippen LogP contribution in [0.3, 0.4) is 0 Å². The Bertz CT molecular complexity index is 1090. The van der Waals surface area contributed by atoms with Crippen molar-refractivity contribution in [1.29, 1.82) is 5.26 Å². The van der Waals surface area contributed by atoms with E-state index in [4.69, 9.17) is 23.2 Å². The van der Waals surface area contributed by atoms with Gasteiger partial charge in [-0.05, 0) is 68.3 Å². The van der Waals surface area contributed by atoms with Crippen molar-refractivity contribution in [2.45, 2.75) is 26.3 Å². The van der Waals surface area contributed by atoms with E-state index >= 15 is 0 Å². The summed E-state index contributed by atoms with van der Waals surface area (Å²) in [5.74, 6) is -0.519. The first kappa shape index (κ1) is 21.0. The van der Waals surface area contributed by atoms with Gasteiger partial charge >= 0.3 is 0 Å². The van der Waals surface area contributed by atoms with Crippen LogP contribution in [-0.2, 0) is 4.79 Å². The molecule has 0 spiro atoms. The molecule has 0 atom stereocenters. The second-order valence-corrected chi connectivity index (χ2v) is 8.41. The van der Waals surface area contributed by atoms with Gasteiger partial charge in [0.15, 0.2) is 0 Å². The molecule has 1 aliphatic heterocycles. The molecule has 1 N–H and O–H groups in total. The number of nitrogens with zero attached hydrogens (tertiary/aromatic N) is 2. The monoisotopic (exact) mass is 425 g/mol. The first-order valence-corrected chi connectivity index (χ1v) is 9.84. The molecule has 0 saturated heterocycles. The second-order valence-electron chi connectivity index (χ2n) is 7.57. The number of allylic oxidation sites excluding steroid dienone is 1. The molecule has 29 heavy (non-hydrogen) atoms. The van der Waals surface area contributed by atoms with Gasteiger partial charge in [-0.1, -0.05) is 35.3 Å². The van der Waals surface area contributed by atoms with E-state index < -0.39 is 5.91 Å². The third-order valence-electron chi connectivity index (χ3n) is 5.08. The van der Waals surface area contributed by atoms with Crippen molar-refractivity contribution in [2.24, 2.45) is 0 Å². The SMILES string of the molecule is CC1=CC(C)(C)N(C)c2cc(Cl)c(/C=C(\C#N)C(=O)Nc3cccc(Cl)c3)cc21. The number of amides is 1. The molecule has 6 heteroatoms. The molecule has 0 saturated carbocycles. The Hall–Kier alpha value is -2.74. The summed E-state index contributed by atoms with van der Waals surface area (Å²) in [5, 5.41) is 13.2. The lowest BCUT2D eigenvalue weighted by Gasteiger charge is -2.40. The Kier molecular flexibility index (Phi) is 5.75. The number of fused-ring (bicyclic) bond motifs is 1. The van der Waals surface area contributed by atoms with Gasteiger partial charge in [0.1, 0.15) is 11.6 Å². The number of benzene rings is 2. The summed E-state index contributed by atoms with van der Waals surface area (Å²) in [6.07, 6.45) is 3.70. The average molecular weight is 426 g/mol. The molecule has 1 amide bonds. The Labute approximate surface area is 181 Å². The number of nitriles is 1. The zero-order valence-electron chi connectivity index (χ0n) is 16.7. The van der Waals surface area contributed by atoms with Crippen LogP contribution in [-0.4, -0.2) is 18.5 Å². The van der Waals surface area contributed by atoms with Gasteiger partial charge in [-0.15, -0.1) is 0 Å². The number of halogens is 2. The van der Waals surface area contributed by atoms with Crippen LogP contribution in [0.5, 0.6) is 0 Å². The molecule has 2 aromatic rings. The molecule has 0 aromatic heterocycles. The molecule has 0 radical (unpaired) electrons. The standard InChI is InChI=1S/C23H21Cl2N3O/c1-14-12-23(2,3)28(4)21-11-20(25)15(9-19(14)21)8-16(13-26)22(29)27-18-7-5-6-17(24)10-18/h5-12H,1-4H3,(H,27,29)/b16-8+. The summed E-state index contributed by atoms with van der Waals surface area (Å²) in [7, 11) is 2.02. The van der Waals surface area contributed by atoms with Crippen LogP contribution >= 0.6 is 23.2 Å². The van der Waals surface area contributed by atoms with Crippen molar-refractivity contribution in [2.75, 3.05) is 17.3 Å². The fraction of sp³-hybridized carbons (Fsp3) is 0.217. The van der Waals surface area contributed by atoms with Crippen molar-refractivity contribution in [3.05, 3.63) is 69.2 Å². The van der Waals surface area contributed by atoms with Crippen LogP contribution in [0.2, 0.25) is 10.0 Å². The van der Waals surface area contributed by atoms with Gasteiger partial charge in [-0.2, -0.15) is 5.26 Å². The summed E-state index contributed by atoms with van der Waals surface area (Å²) in [5.41, 5.74) is 4.11. The molecule has 0 aliphatic carbocycles.